The SMILES string of the molecule is COc1ccccc1N1C(=O)c2cc3ccccc3n2C[C@@]1(C)C(=O)NC1CCCC1. The van der Waals surface area contributed by atoms with Crippen LogP contribution in [0.15, 0.2) is 54.6 Å². The second kappa shape index (κ2) is 7.45. The molecule has 1 saturated carbocycles. The quantitative estimate of drug-likeness (QED) is 0.694. The smallest absolute Gasteiger partial charge is 0.276 e. The minimum absolute atomic E-state index is 0.123. The zero-order valence-electron chi connectivity index (χ0n) is 17.9. The molecule has 1 aromatic heterocycles. The summed E-state index contributed by atoms with van der Waals surface area (Å²) in [5.41, 5.74) is 1.06. The van der Waals surface area contributed by atoms with Crippen molar-refractivity contribution in [2.45, 2.75) is 50.7 Å². The minimum Gasteiger partial charge on any atom is -0.495 e. The highest BCUT2D eigenvalue weighted by Crippen LogP contribution is 2.40. The molecule has 1 fully saturated rings. The van der Waals surface area contributed by atoms with Crippen LogP contribution in [-0.2, 0) is 11.3 Å². The first-order valence-corrected chi connectivity index (χ1v) is 10.9. The molecule has 5 rings (SSSR count). The fraction of sp³-hybridized carbons (Fsp3) is 0.360. The molecule has 0 saturated heterocycles. The van der Waals surface area contributed by atoms with Crippen LogP contribution >= 0.6 is 0 Å². The van der Waals surface area contributed by atoms with Gasteiger partial charge in [-0.2, -0.15) is 0 Å². The van der Waals surface area contributed by atoms with Gasteiger partial charge in [0.05, 0.1) is 19.3 Å². The lowest BCUT2D eigenvalue weighted by Crippen LogP contribution is -2.65. The maximum atomic E-state index is 13.9. The normalized spacial score (nSPS) is 21.4. The first kappa shape index (κ1) is 19.7. The van der Waals surface area contributed by atoms with E-state index >= 15 is 0 Å². The maximum Gasteiger partial charge on any atom is 0.276 e. The van der Waals surface area contributed by atoms with Gasteiger partial charge in [-0.15, -0.1) is 0 Å². The number of anilines is 1. The van der Waals surface area contributed by atoms with Gasteiger partial charge in [-0.1, -0.05) is 43.2 Å². The monoisotopic (exact) mass is 417 g/mol. The summed E-state index contributed by atoms with van der Waals surface area (Å²) >= 11 is 0. The fourth-order valence-corrected chi connectivity index (χ4v) is 5.05. The number of hydrogen-bond acceptors (Lipinski definition) is 3. The molecule has 0 spiro atoms. The van der Waals surface area contributed by atoms with Crippen molar-refractivity contribution >= 4 is 28.4 Å². The summed E-state index contributed by atoms with van der Waals surface area (Å²) in [6.45, 7) is 2.23. The molecule has 31 heavy (non-hydrogen) atoms. The van der Waals surface area contributed by atoms with Crippen LogP contribution in [0.3, 0.4) is 0 Å². The van der Waals surface area contributed by atoms with Crippen molar-refractivity contribution in [2.75, 3.05) is 12.0 Å². The Morgan fingerprint density at radius 1 is 1.10 bits per heavy atom. The lowest BCUT2D eigenvalue weighted by molar-refractivity contribution is -0.127. The van der Waals surface area contributed by atoms with Crippen LogP contribution in [0.1, 0.15) is 43.1 Å². The molecule has 2 aliphatic rings. The Balaban J connectivity index is 1.67. The zero-order valence-corrected chi connectivity index (χ0v) is 17.9. The third-order valence-corrected chi connectivity index (χ3v) is 6.70. The average Bonchev–Trinajstić information content (AvgIpc) is 3.42. The van der Waals surface area contributed by atoms with Gasteiger partial charge in [-0.25, -0.2) is 0 Å². The van der Waals surface area contributed by atoms with Gasteiger partial charge in [-0.3, -0.25) is 14.5 Å². The lowest BCUT2D eigenvalue weighted by Gasteiger charge is -2.44. The van der Waals surface area contributed by atoms with Crippen LogP contribution in [0.5, 0.6) is 5.75 Å². The number of carbonyl (C=O) groups is 2. The predicted octanol–water partition coefficient (Wildman–Crippen LogP) is 4.13. The number of para-hydroxylation sites is 3. The number of hydrogen-bond donors (Lipinski definition) is 1. The van der Waals surface area contributed by atoms with E-state index in [1.807, 2.05) is 66.1 Å². The third-order valence-electron chi connectivity index (χ3n) is 6.70. The van der Waals surface area contributed by atoms with E-state index in [1.54, 1.807) is 12.0 Å². The summed E-state index contributed by atoms with van der Waals surface area (Å²) in [6.07, 6.45) is 4.23. The van der Waals surface area contributed by atoms with E-state index in [0.717, 1.165) is 36.6 Å². The summed E-state index contributed by atoms with van der Waals surface area (Å²) in [4.78, 5) is 29.2. The molecule has 0 bridgehead atoms. The molecule has 0 radical (unpaired) electrons. The minimum atomic E-state index is -1.09. The number of rotatable bonds is 4. The van der Waals surface area contributed by atoms with Gasteiger partial charge >= 0.3 is 0 Å². The van der Waals surface area contributed by atoms with Gasteiger partial charge in [0.1, 0.15) is 17.0 Å². The highest BCUT2D eigenvalue weighted by atomic mass is 16.5. The number of nitrogens with one attached hydrogen (secondary N) is 1. The van der Waals surface area contributed by atoms with E-state index in [2.05, 4.69) is 5.32 Å². The average molecular weight is 418 g/mol. The Bertz CT molecular complexity index is 1160. The zero-order chi connectivity index (χ0) is 21.6. The Hall–Kier alpha value is -3.28. The number of nitrogens with zero attached hydrogens (tertiary/aromatic N) is 2. The number of benzene rings is 2. The second-order valence-corrected chi connectivity index (χ2v) is 8.72. The van der Waals surface area contributed by atoms with Crippen molar-refractivity contribution in [2.24, 2.45) is 0 Å². The molecule has 2 amide bonds. The first-order valence-electron chi connectivity index (χ1n) is 10.9. The van der Waals surface area contributed by atoms with Gasteiger partial charge in [0.15, 0.2) is 0 Å². The van der Waals surface area contributed by atoms with E-state index < -0.39 is 5.54 Å². The van der Waals surface area contributed by atoms with Crippen molar-refractivity contribution in [3.63, 3.8) is 0 Å². The molecule has 2 heterocycles. The van der Waals surface area contributed by atoms with Gasteiger partial charge < -0.3 is 14.6 Å². The van der Waals surface area contributed by atoms with E-state index in [1.165, 1.54) is 0 Å². The highest BCUT2D eigenvalue weighted by Gasteiger charge is 2.49. The lowest BCUT2D eigenvalue weighted by atomic mass is 9.93. The standard InChI is InChI=1S/C25H27N3O3/c1-25(24(30)26-18-10-4-5-11-18)16-27-19-12-6-3-9-17(19)15-21(27)23(29)28(25)20-13-7-8-14-22(20)31-2/h3,6-9,12-15,18H,4-5,10-11,16H2,1-2H3,(H,26,30)/t25-/m0/s1. The van der Waals surface area contributed by atoms with Gasteiger partial charge in [0.25, 0.3) is 5.91 Å². The molecular formula is C25H27N3O3. The summed E-state index contributed by atoms with van der Waals surface area (Å²) < 4.78 is 7.55. The van der Waals surface area contributed by atoms with Crippen LogP contribution < -0.4 is 15.0 Å². The topological polar surface area (TPSA) is 63.6 Å². The van der Waals surface area contributed by atoms with Crippen molar-refractivity contribution < 1.29 is 14.3 Å². The summed E-state index contributed by atoms with van der Waals surface area (Å²) in [7, 11) is 1.58. The Morgan fingerprint density at radius 3 is 2.58 bits per heavy atom. The molecule has 0 unspecified atom stereocenters. The van der Waals surface area contributed by atoms with Gasteiger partial charge in [0, 0.05) is 16.9 Å². The number of aromatic nitrogens is 1. The van der Waals surface area contributed by atoms with Gasteiger partial charge in [-0.05, 0) is 44.0 Å². The maximum absolute atomic E-state index is 13.9. The fourth-order valence-electron chi connectivity index (χ4n) is 5.05. The Morgan fingerprint density at radius 2 is 1.81 bits per heavy atom. The molecule has 160 valence electrons. The molecule has 2 aromatic carbocycles. The first-order chi connectivity index (χ1) is 15.0. The van der Waals surface area contributed by atoms with Crippen molar-refractivity contribution in [3.05, 3.63) is 60.3 Å². The van der Waals surface area contributed by atoms with E-state index in [-0.39, 0.29) is 17.9 Å². The van der Waals surface area contributed by atoms with Crippen molar-refractivity contribution in [1.82, 2.24) is 9.88 Å². The summed E-state index contributed by atoms with van der Waals surface area (Å²) in [6, 6.07) is 17.4. The molecular weight excluding hydrogens is 390 g/mol. The van der Waals surface area contributed by atoms with Crippen LogP contribution in [0.2, 0.25) is 0 Å². The summed E-state index contributed by atoms with van der Waals surface area (Å²) in [5.74, 6) is 0.249. The van der Waals surface area contributed by atoms with Crippen molar-refractivity contribution in [1.29, 1.82) is 0 Å². The van der Waals surface area contributed by atoms with E-state index in [9.17, 15) is 9.59 Å². The molecule has 1 atom stereocenters. The van der Waals surface area contributed by atoms with Crippen LogP contribution in [0.25, 0.3) is 10.9 Å². The molecule has 6 heteroatoms. The van der Waals surface area contributed by atoms with E-state index in [4.69, 9.17) is 4.74 Å². The van der Waals surface area contributed by atoms with Crippen LogP contribution in [0.4, 0.5) is 5.69 Å². The predicted molar refractivity (Wildman–Crippen MR) is 121 cm³/mol. The van der Waals surface area contributed by atoms with E-state index in [0.29, 0.717) is 23.7 Å². The molecule has 1 aliphatic heterocycles. The number of carbonyl (C=O) groups excluding carboxylic acids is 2. The number of methoxy groups -OCH3 is 1. The number of fused-ring (bicyclic) bond motifs is 3. The Labute approximate surface area is 181 Å². The number of ether oxygens (including phenoxy) is 1. The number of amides is 2. The Kier molecular flexibility index (Phi) is 4.73. The van der Waals surface area contributed by atoms with Gasteiger partial charge in [0.2, 0.25) is 5.91 Å². The second-order valence-electron chi connectivity index (χ2n) is 8.72. The summed E-state index contributed by atoms with van der Waals surface area (Å²) in [5, 5.41) is 4.22. The molecule has 3 aromatic rings. The van der Waals surface area contributed by atoms with Crippen molar-refractivity contribution in [3.8, 4) is 5.75 Å². The third kappa shape index (κ3) is 3.09. The molecule has 1 aliphatic carbocycles. The van der Waals surface area contributed by atoms with Crippen LogP contribution in [-0.4, -0.2) is 35.1 Å². The largest absolute Gasteiger partial charge is 0.495 e. The van der Waals surface area contributed by atoms with Crippen LogP contribution in [0, 0.1) is 0 Å². The molecule has 6 nitrogen and oxygen atoms in total. The molecule has 1 N–H and O–H groups in total. The highest BCUT2D eigenvalue weighted by molar-refractivity contribution is 6.14.